The van der Waals surface area contributed by atoms with Crippen LogP contribution in [0.5, 0.6) is 0 Å². The predicted octanol–water partition coefficient (Wildman–Crippen LogP) is 4.84. The Morgan fingerprint density at radius 3 is 2.10 bits per heavy atom. The highest BCUT2D eigenvalue weighted by Crippen LogP contribution is 2.37. The lowest BCUT2D eigenvalue weighted by atomic mass is 9.84. The van der Waals surface area contributed by atoms with Gasteiger partial charge in [0.15, 0.2) is 0 Å². The van der Waals surface area contributed by atoms with Gasteiger partial charge < -0.3 is 5.32 Å². The predicted molar refractivity (Wildman–Crippen MR) is 86.3 cm³/mol. The maximum absolute atomic E-state index is 3.77. The molecule has 1 N–H and O–H groups in total. The van der Waals surface area contributed by atoms with Crippen LogP contribution in [-0.4, -0.2) is 12.6 Å². The molecule has 0 aliphatic heterocycles. The molecule has 1 aromatic rings. The first-order chi connectivity index (χ1) is 9.74. The van der Waals surface area contributed by atoms with Crippen molar-refractivity contribution >= 4 is 0 Å². The van der Waals surface area contributed by atoms with Crippen LogP contribution < -0.4 is 5.32 Å². The molecule has 1 nitrogen and oxygen atoms in total. The first-order valence-electron chi connectivity index (χ1n) is 8.57. The molecule has 110 valence electrons. The van der Waals surface area contributed by atoms with Crippen LogP contribution in [0.2, 0.25) is 0 Å². The Kier molecular flexibility index (Phi) is 4.45. The molecule has 2 saturated carbocycles. The lowest BCUT2D eigenvalue weighted by molar-refractivity contribution is 0.410. The van der Waals surface area contributed by atoms with Crippen LogP contribution in [-0.2, 0) is 0 Å². The van der Waals surface area contributed by atoms with Gasteiger partial charge in [0.05, 0.1) is 0 Å². The van der Waals surface area contributed by atoms with Crippen LogP contribution in [0.3, 0.4) is 0 Å². The second-order valence-electron chi connectivity index (χ2n) is 7.15. The Morgan fingerprint density at radius 1 is 0.950 bits per heavy atom. The number of hydrogen-bond donors (Lipinski definition) is 1. The SMILES string of the molecule is CC(C)c1ccc(C(CNC2CC2)C2CCCC2)cc1. The van der Waals surface area contributed by atoms with Gasteiger partial charge in [-0.05, 0) is 54.6 Å². The van der Waals surface area contributed by atoms with E-state index < -0.39 is 0 Å². The molecule has 0 amide bonds. The van der Waals surface area contributed by atoms with Crippen molar-refractivity contribution in [1.82, 2.24) is 5.32 Å². The summed E-state index contributed by atoms with van der Waals surface area (Å²) in [5, 5.41) is 3.77. The standard InChI is InChI=1S/C19H29N/c1-14(2)15-7-9-17(10-8-15)19(13-20-18-11-12-18)16-5-3-4-6-16/h7-10,14,16,18-20H,3-6,11-13H2,1-2H3. The molecule has 1 heteroatoms. The highest BCUT2D eigenvalue weighted by molar-refractivity contribution is 5.28. The molecule has 2 aliphatic carbocycles. The zero-order valence-electron chi connectivity index (χ0n) is 13.1. The summed E-state index contributed by atoms with van der Waals surface area (Å²) >= 11 is 0. The third-order valence-electron chi connectivity index (χ3n) is 5.20. The number of hydrogen-bond acceptors (Lipinski definition) is 1. The fourth-order valence-corrected chi connectivity index (χ4v) is 3.63. The van der Waals surface area contributed by atoms with Crippen molar-refractivity contribution in [3.8, 4) is 0 Å². The van der Waals surface area contributed by atoms with Crippen molar-refractivity contribution in [3.63, 3.8) is 0 Å². The van der Waals surface area contributed by atoms with E-state index in [4.69, 9.17) is 0 Å². The van der Waals surface area contributed by atoms with Gasteiger partial charge in [-0.3, -0.25) is 0 Å². The number of benzene rings is 1. The van der Waals surface area contributed by atoms with Gasteiger partial charge in [0.1, 0.15) is 0 Å². The minimum atomic E-state index is 0.638. The van der Waals surface area contributed by atoms with Crippen molar-refractivity contribution in [2.24, 2.45) is 5.92 Å². The van der Waals surface area contributed by atoms with Gasteiger partial charge in [-0.25, -0.2) is 0 Å². The molecule has 20 heavy (non-hydrogen) atoms. The average Bonchev–Trinajstić information content (AvgIpc) is 3.12. The van der Waals surface area contributed by atoms with Crippen molar-refractivity contribution < 1.29 is 0 Å². The Bertz CT molecular complexity index is 410. The first-order valence-corrected chi connectivity index (χ1v) is 8.57. The fraction of sp³-hybridized carbons (Fsp3) is 0.684. The van der Waals surface area contributed by atoms with Gasteiger partial charge in [-0.2, -0.15) is 0 Å². The Hall–Kier alpha value is -0.820. The maximum Gasteiger partial charge on any atom is 0.00684 e. The Labute approximate surface area is 124 Å². The summed E-state index contributed by atoms with van der Waals surface area (Å²) in [5.74, 6) is 2.28. The zero-order chi connectivity index (χ0) is 13.9. The van der Waals surface area contributed by atoms with Crippen LogP contribution in [0, 0.1) is 5.92 Å². The van der Waals surface area contributed by atoms with Gasteiger partial charge in [0, 0.05) is 12.6 Å². The summed E-state index contributed by atoms with van der Waals surface area (Å²) in [6.07, 6.45) is 8.53. The smallest absolute Gasteiger partial charge is 0.00684 e. The molecule has 1 aromatic carbocycles. The van der Waals surface area contributed by atoms with Gasteiger partial charge in [0.25, 0.3) is 0 Å². The van der Waals surface area contributed by atoms with Crippen LogP contribution >= 0.6 is 0 Å². The molecule has 1 atom stereocenters. The summed E-state index contributed by atoms with van der Waals surface area (Å²) in [6, 6.07) is 10.3. The zero-order valence-corrected chi connectivity index (χ0v) is 13.1. The molecule has 0 saturated heterocycles. The van der Waals surface area contributed by atoms with E-state index >= 15 is 0 Å². The van der Waals surface area contributed by atoms with Crippen LogP contribution in [0.25, 0.3) is 0 Å². The number of rotatable bonds is 6. The van der Waals surface area contributed by atoms with E-state index in [0.29, 0.717) is 5.92 Å². The highest BCUT2D eigenvalue weighted by atomic mass is 14.9. The van der Waals surface area contributed by atoms with E-state index in [2.05, 4.69) is 43.4 Å². The molecule has 0 heterocycles. The lowest BCUT2D eigenvalue weighted by Gasteiger charge is -2.25. The first kappa shape index (κ1) is 14.1. The van der Waals surface area contributed by atoms with E-state index in [1.54, 1.807) is 5.56 Å². The molecule has 0 radical (unpaired) electrons. The topological polar surface area (TPSA) is 12.0 Å². The Morgan fingerprint density at radius 2 is 1.55 bits per heavy atom. The van der Waals surface area contributed by atoms with E-state index in [1.165, 1.54) is 50.6 Å². The lowest BCUT2D eigenvalue weighted by Crippen LogP contribution is -2.27. The maximum atomic E-state index is 3.77. The fourth-order valence-electron chi connectivity index (χ4n) is 3.63. The van der Waals surface area contributed by atoms with Crippen LogP contribution in [0.1, 0.15) is 75.3 Å². The minimum absolute atomic E-state index is 0.638. The molecule has 1 unspecified atom stereocenters. The summed E-state index contributed by atoms with van der Waals surface area (Å²) in [7, 11) is 0. The normalized spacial score (nSPS) is 21.6. The second-order valence-corrected chi connectivity index (χ2v) is 7.15. The van der Waals surface area contributed by atoms with E-state index in [9.17, 15) is 0 Å². The minimum Gasteiger partial charge on any atom is -0.313 e. The molecule has 2 fully saturated rings. The summed E-state index contributed by atoms with van der Waals surface area (Å²) in [6.45, 7) is 5.74. The largest absolute Gasteiger partial charge is 0.313 e. The third-order valence-corrected chi connectivity index (χ3v) is 5.20. The van der Waals surface area contributed by atoms with Crippen molar-refractivity contribution in [2.75, 3.05) is 6.54 Å². The second kappa shape index (κ2) is 6.30. The van der Waals surface area contributed by atoms with Crippen molar-refractivity contribution in [3.05, 3.63) is 35.4 Å². The van der Waals surface area contributed by atoms with Gasteiger partial charge >= 0.3 is 0 Å². The van der Waals surface area contributed by atoms with Gasteiger partial charge in [0.2, 0.25) is 0 Å². The third kappa shape index (κ3) is 3.44. The quantitative estimate of drug-likeness (QED) is 0.781. The monoisotopic (exact) mass is 271 g/mol. The highest BCUT2D eigenvalue weighted by Gasteiger charge is 2.28. The molecular formula is C19H29N. The average molecular weight is 271 g/mol. The van der Waals surface area contributed by atoms with E-state index in [0.717, 1.165) is 17.9 Å². The molecule has 2 aliphatic rings. The molecule has 3 rings (SSSR count). The Balaban J connectivity index is 1.71. The van der Waals surface area contributed by atoms with E-state index in [1.807, 2.05) is 0 Å². The molecule has 0 aromatic heterocycles. The van der Waals surface area contributed by atoms with Crippen molar-refractivity contribution in [2.45, 2.75) is 70.3 Å². The van der Waals surface area contributed by atoms with Crippen molar-refractivity contribution in [1.29, 1.82) is 0 Å². The summed E-state index contributed by atoms with van der Waals surface area (Å²) in [4.78, 5) is 0. The summed E-state index contributed by atoms with van der Waals surface area (Å²) in [5.41, 5.74) is 3.03. The summed E-state index contributed by atoms with van der Waals surface area (Å²) < 4.78 is 0. The number of nitrogens with one attached hydrogen (secondary N) is 1. The molecule has 0 bridgehead atoms. The van der Waals surface area contributed by atoms with Crippen LogP contribution in [0.15, 0.2) is 24.3 Å². The molecule has 0 spiro atoms. The van der Waals surface area contributed by atoms with Crippen LogP contribution in [0.4, 0.5) is 0 Å². The van der Waals surface area contributed by atoms with Gasteiger partial charge in [-0.1, -0.05) is 51.0 Å². The van der Waals surface area contributed by atoms with Gasteiger partial charge in [-0.15, -0.1) is 0 Å². The molecular weight excluding hydrogens is 242 g/mol. The van der Waals surface area contributed by atoms with E-state index in [-0.39, 0.29) is 0 Å².